The molecule has 20 heavy (non-hydrogen) atoms. The predicted molar refractivity (Wildman–Crippen MR) is 83.6 cm³/mol. The second-order valence-electron chi connectivity index (χ2n) is 5.59. The Balaban J connectivity index is 2.24. The van der Waals surface area contributed by atoms with Crippen molar-refractivity contribution in [3.63, 3.8) is 0 Å². The van der Waals surface area contributed by atoms with Crippen molar-refractivity contribution in [3.05, 3.63) is 18.0 Å². The van der Waals surface area contributed by atoms with Gasteiger partial charge in [-0.05, 0) is 52.5 Å². The third-order valence-corrected chi connectivity index (χ3v) is 3.88. The molecule has 1 rings (SSSR count). The summed E-state index contributed by atoms with van der Waals surface area (Å²) < 4.78 is 0. The Morgan fingerprint density at radius 1 is 1.35 bits per heavy atom. The second kappa shape index (κ2) is 8.23. The number of nitrogens with zero attached hydrogens (tertiary/aromatic N) is 3. The summed E-state index contributed by atoms with van der Waals surface area (Å²) in [6.45, 7) is 8.10. The van der Waals surface area contributed by atoms with Crippen molar-refractivity contribution >= 4 is 11.8 Å². The van der Waals surface area contributed by atoms with E-state index in [2.05, 4.69) is 35.2 Å². The molecule has 1 atom stereocenters. The zero-order valence-electron chi connectivity index (χ0n) is 12.8. The van der Waals surface area contributed by atoms with Crippen molar-refractivity contribution in [2.75, 3.05) is 5.75 Å². The maximum atomic E-state index is 9.26. The Morgan fingerprint density at radius 2 is 2.00 bits per heavy atom. The molecule has 0 spiro atoms. The summed E-state index contributed by atoms with van der Waals surface area (Å²) in [6.07, 6.45) is 6.65. The number of unbranched alkanes of at least 4 members (excludes halogenated alkanes) is 1. The molecule has 4 nitrogen and oxygen atoms in total. The van der Waals surface area contributed by atoms with Gasteiger partial charge >= 0.3 is 0 Å². The summed E-state index contributed by atoms with van der Waals surface area (Å²) in [5.74, 6) is 0.992. The molecule has 1 aromatic heterocycles. The Morgan fingerprint density at radius 3 is 2.55 bits per heavy atom. The van der Waals surface area contributed by atoms with Crippen LogP contribution in [0.1, 0.15) is 45.6 Å². The van der Waals surface area contributed by atoms with E-state index in [1.165, 1.54) is 0 Å². The van der Waals surface area contributed by atoms with Gasteiger partial charge in [0.15, 0.2) is 5.16 Å². The number of thioether (sulfide) groups is 1. The summed E-state index contributed by atoms with van der Waals surface area (Å²) in [5, 5.41) is 13.4. The number of nitrogens with one attached hydrogen (secondary N) is 1. The average molecular weight is 292 g/mol. The predicted octanol–water partition coefficient (Wildman–Crippen LogP) is 3.33. The molecule has 1 unspecified atom stereocenters. The van der Waals surface area contributed by atoms with E-state index >= 15 is 0 Å². The van der Waals surface area contributed by atoms with Crippen molar-refractivity contribution in [1.82, 2.24) is 15.3 Å². The molecule has 110 valence electrons. The summed E-state index contributed by atoms with van der Waals surface area (Å²) in [6, 6.07) is 2.71. The molecule has 0 aliphatic heterocycles. The van der Waals surface area contributed by atoms with Crippen LogP contribution in [-0.4, -0.2) is 27.3 Å². The van der Waals surface area contributed by atoms with Crippen molar-refractivity contribution in [2.45, 2.75) is 63.7 Å². The number of nitriles is 1. The van der Waals surface area contributed by atoms with E-state index < -0.39 is 5.54 Å². The van der Waals surface area contributed by atoms with Gasteiger partial charge < -0.3 is 0 Å². The van der Waals surface area contributed by atoms with Crippen LogP contribution >= 0.6 is 11.8 Å². The van der Waals surface area contributed by atoms with E-state index in [1.54, 1.807) is 11.8 Å². The lowest BCUT2D eigenvalue weighted by Gasteiger charge is -2.25. The average Bonchev–Trinajstić information content (AvgIpc) is 2.40. The largest absolute Gasteiger partial charge is 0.297 e. The minimum absolute atomic E-state index is 0.329. The number of aromatic nitrogens is 2. The minimum Gasteiger partial charge on any atom is -0.297 e. The first kappa shape index (κ1) is 16.9. The Labute approximate surface area is 126 Å². The molecule has 1 aromatic rings. The Hall–Kier alpha value is -1.12. The van der Waals surface area contributed by atoms with E-state index in [1.807, 2.05) is 26.2 Å². The molecular weight excluding hydrogens is 268 g/mol. The molecule has 1 heterocycles. The molecular formula is C15H24N4S. The standard InChI is InChI=1S/C15H24N4S/c1-12(2)19-15(4,11-16)7-5-6-8-20-14-17-9-13(3)10-18-14/h9-10,12,19H,5-8H2,1-4H3. The molecule has 0 radical (unpaired) electrons. The first-order valence-corrected chi connectivity index (χ1v) is 8.04. The summed E-state index contributed by atoms with van der Waals surface area (Å²) in [4.78, 5) is 8.53. The monoisotopic (exact) mass is 292 g/mol. The highest BCUT2D eigenvalue weighted by atomic mass is 32.2. The molecule has 0 fully saturated rings. The number of rotatable bonds is 8. The fraction of sp³-hybridized carbons (Fsp3) is 0.667. The summed E-state index contributed by atoms with van der Waals surface area (Å²) in [7, 11) is 0. The van der Waals surface area contributed by atoms with Crippen LogP contribution in [0.5, 0.6) is 0 Å². The molecule has 0 bridgehead atoms. The van der Waals surface area contributed by atoms with E-state index in [0.717, 1.165) is 35.7 Å². The molecule has 0 amide bonds. The highest BCUT2D eigenvalue weighted by Crippen LogP contribution is 2.18. The third-order valence-electron chi connectivity index (χ3n) is 2.91. The highest BCUT2D eigenvalue weighted by molar-refractivity contribution is 7.99. The lowest BCUT2D eigenvalue weighted by atomic mass is 9.96. The Bertz CT molecular complexity index is 438. The van der Waals surface area contributed by atoms with E-state index in [9.17, 15) is 5.26 Å². The van der Waals surface area contributed by atoms with Gasteiger partial charge in [0.2, 0.25) is 0 Å². The van der Waals surface area contributed by atoms with E-state index in [-0.39, 0.29) is 0 Å². The molecule has 1 N–H and O–H groups in total. The van der Waals surface area contributed by atoms with Crippen LogP contribution in [-0.2, 0) is 0 Å². The number of hydrogen-bond acceptors (Lipinski definition) is 5. The fourth-order valence-corrected chi connectivity index (χ4v) is 2.78. The van der Waals surface area contributed by atoms with Crippen molar-refractivity contribution in [1.29, 1.82) is 5.26 Å². The smallest absolute Gasteiger partial charge is 0.187 e. The van der Waals surface area contributed by atoms with Gasteiger partial charge in [0.05, 0.1) is 6.07 Å². The molecule has 0 aliphatic carbocycles. The van der Waals surface area contributed by atoms with Crippen LogP contribution in [0.3, 0.4) is 0 Å². The molecule has 0 saturated heterocycles. The van der Waals surface area contributed by atoms with Gasteiger partial charge in [-0.15, -0.1) is 0 Å². The van der Waals surface area contributed by atoms with Crippen LogP contribution in [0.25, 0.3) is 0 Å². The number of aryl methyl sites for hydroxylation is 1. The van der Waals surface area contributed by atoms with Crippen molar-refractivity contribution in [2.24, 2.45) is 0 Å². The molecule has 0 aliphatic rings. The summed E-state index contributed by atoms with van der Waals surface area (Å²) in [5.41, 5.74) is 0.665. The van der Waals surface area contributed by atoms with Gasteiger partial charge in [-0.2, -0.15) is 5.26 Å². The SMILES string of the molecule is Cc1cnc(SCCCCC(C)(C#N)NC(C)C)nc1. The quantitative estimate of drug-likeness (QED) is 0.452. The third kappa shape index (κ3) is 6.36. The van der Waals surface area contributed by atoms with Gasteiger partial charge in [-0.1, -0.05) is 11.8 Å². The number of hydrogen-bond donors (Lipinski definition) is 1. The normalized spacial score (nSPS) is 14.0. The van der Waals surface area contributed by atoms with Gasteiger partial charge in [0.1, 0.15) is 5.54 Å². The van der Waals surface area contributed by atoms with Gasteiger partial charge in [-0.3, -0.25) is 5.32 Å². The van der Waals surface area contributed by atoms with Crippen molar-refractivity contribution in [3.8, 4) is 6.07 Å². The minimum atomic E-state index is -0.417. The van der Waals surface area contributed by atoms with Gasteiger partial charge in [0, 0.05) is 24.2 Å². The lowest BCUT2D eigenvalue weighted by molar-refractivity contribution is 0.372. The van der Waals surface area contributed by atoms with Crippen LogP contribution in [0, 0.1) is 18.3 Å². The second-order valence-corrected chi connectivity index (χ2v) is 6.65. The molecule has 0 aromatic carbocycles. The zero-order valence-corrected chi connectivity index (χ0v) is 13.6. The fourth-order valence-electron chi connectivity index (χ4n) is 2.00. The van der Waals surface area contributed by atoms with Crippen LogP contribution in [0.4, 0.5) is 0 Å². The van der Waals surface area contributed by atoms with E-state index in [4.69, 9.17) is 0 Å². The maximum Gasteiger partial charge on any atom is 0.187 e. The van der Waals surface area contributed by atoms with Crippen LogP contribution in [0.15, 0.2) is 17.6 Å². The first-order chi connectivity index (χ1) is 9.45. The maximum absolute atomic E-state index is 9.26. The highest BCUT2D eigenvalue weighted by Gasteiger charge is 2.23. The zero-order chi connectivity index (χ0) is 15.0. The van der Waals surface area contributed by atoms with Crippen molar-refractivity contribution < 1.29 is 0 Å². The van der Waals surface area contributed by atoms with Gasteiger partial charge in [0.25, 0.3) is 0 Å². The van der Waals surface area contributed by atoms with Crippen LogP contribution in [0.2, 0.25) is 0 Å². The topological polar surface area (TPSA) is 61.6 Å². The van der Waals surface area contributed by atoms with Crippen LogP contribution < -0.4 is 5.32 Å². The van der Waals surface area contributed by atoms with Gasteiger partial charge in [-0.25, -0.2) is 9.97 Å². The molecule has 0 saturated carbocycles. The summed E-state index contributed by atoms with van der Waals surface area (Å²) >= 11 is 1.68. The Kier molecular flexibility index (Phi) is 6.97. The first-order valence-electron chi connectivity index (χ1n) is 7.05. The molecule has 5 heteroatoms. The lowest BCUT2D eigenvalue weighted by Crippen LogP contribution is -2.44. The van der Waals surface area contributed by atoms with E-state index in [0.29, 0.717) is 6.04 Å².